The first-order valence-electron chi connectivity index (χ1n) is 6.98. The fourth-order valence-corrected chi connectivity index (χ4v) is 3.47. The van der Waals surface area contributed by atoms with Gasteiger partial charge in [-0.2, -0.15) is 0 Å². The van der Waals surface area contributed by atoms with Crippen LogP contribution in [0.5, 0.6) is 0 Å². The SMILES string of the molecule is S=C(NC1CCCC1)NC1CCc2ccccc21. The molecule has 1 aromatic rings. The van der Waals surface area contributed by atoms with E-state index >= 15 is 0 Å². The number of hydrogen-bond acceptors (Lipinski definition) is 1. The van der Waals surface area contributed by atoms with E-state index in [1.54, 1.807) is 0 Å². The van der Waals surface area contributed by atoms with E-state index in [1.165, 1.54) is 43.2 Å². The number of nitrogens with one attached hydrogen (secondary N) is 2. The van der Waals surface area contributed by atoms with Crippen LogP contribution in [-0.2, 0) is 6.42 Å². The highest BCUT2D eigenvalue weighted by molar-refractivity contribution is 7.80. The van der Waals surface area contributed by atoms with Crippen molar-refractivity contribution in [3.63, 3.8) is 0 Å². The predicted octanol–water partition coefficient (Wildman–Crippen LogP) is 3.08. The molecule has 0 radical (unpaired) electrons. The molecule has 2 aliphatic rings. The lowest BCUT2D eigenvalue weighted by molar-refractivity contribution is 0.587. The largest absolute Gasteiger partial charge is 0.360 e. The Balaban J connectivity index is 1.58. The summed E-state index contributed by atoms with van der Waals surface area (Å²) in [5, 5.41) is 7.78. The normalized spacial score (nSPS) is 22.8. The molecular formula is C15H20N2S. The van der Waals surface area contributed by atoms with Crippen LogP contribution in [0.3, 0.4) is 0 Å². The average molecular weight is 260 g/mol. The Morgan fingerprint density at radius 3 is 2.67 bits per heavy atom. The molecule has 1 fully saturated rings. The van der Waals surface area contributed by atoms with Gasteiger partial charge in [-0.1, -0.05) is 37.1 Å². The summed E-state index contributed by atoms with van der Waals surface area (Å²) >= 11 is 5.43. The van der Waals surface area contributed by atoms with Crippen LogP contribution in [-0.4, -0.2) is 11.2 Å². The van der Waals surface area contributed by atoms with Crippen molar-refractivity contribution in [3.05, 3.63) is 35.4 Å². The summed E-state index contributed by atoms with van der Waals surface area (Å²) in [6.07, 6.45) is 7.54. The van der Waals surface area contributed by atoms with E-state index in [9.17, 15) is 0 Å². The van der Waals surface area contributed by atoms with Crippen LogP contribution < -0.4 is 10.6 Å². The number of thiocarbonyl (C=S) groups is 1. The van der Waals surface area contributed by atoms with Crippen LogP contribution in [0.2, 0.25) is 0 Å². The summed E-state index contributed by atoms with van der Waals surface area (Å²) in [5.74, 6) is 0. The number of hydrogen-bond donors (Lipinski definition) is 2. The average Bonchev–Trinajstić information content (AvgIpc) is 3.00. The number of rotatable bonds is 2. The first-order valence-corrected chi connectivity index (χ1v) is 7.38. The zero-order chi connectivity index (χ0) is 12.4. The zero-order valence-electron chi connectivity index (χ0n) is 10.6. The van der Waals surface area contributed by atoms with Crippen molar-refractivity contribution < 1.29 is 0 Å². The van der Waals surface area contributed by atoms with Crippen LogP contribution in [0, 0.1) is 0 Å². The number of benzene rings is 1. The van der Waals surface area contributed by atoms with Crippen molar-refractivity contribution in [2.75, 3.05) is 0 Å². The van der Waals surface area contributed by atoms with Crippen molar-refractivity contribution in [1.29, 1.82) is 0 Å². The second-order valence-corrected chi connectivity index (χ2v) is 5.80. The molecule has 18 heavy (non-hydrogen) atoms. The molecule has 2 nitrogen and oxygen atoms in total. The lowest BCUT2D eigenvalue weighted by atomic mass is 10.1. The van der Waals surface area contributed by atoms with Crippen molar-refractivity contribution in [2.45, 2.75) is 50.6 Å². The lowest BCUT2D eigenvalue weighted by Gasteiger charge is -2.20. The second-order valence-electron chi connectivity index (χ2n) is 5.39. The minimum Gasteiger partial charge on any atom is -0.360 e. The van der Waals surface area contributed by atoms with E-state index in [4.69, 9.17) is 12.2 Å². The maximum atomic E-state index is 5.43. The third kappa shape index (κ3) is 2.51. The minimum atomic E-state index is 0.405. The summed E-state index contributed by atoms with van der Waals surface area (Å²) in [7, 11) is 0. The van der Waals surface area contributed by atoms with Gasteiger partial charge in [0.25, 0.3) is 0 Å². The van der Waals surface area contributed by atoms with Gasteiger partial charge < -0.3 is 10.6 Å². The van der Waals surface area contributed by atoms with Gasteiger partial charge in [0.05, 0.1) is 6.04 Å². The third-order valence-corrected chi connectivity index (χ3v) is 4.36. The van der Waals surface area contributed by atoms with Gasteiger partial charge in [0.1, 0.15) is 0 Å². The first kappa shape index (κ1) is 12.0. The van der Waals surface area contributed by atoms with Crippen LogP contribution in [0.25, 0.3) is 0 Å². The molecular weight excluding hydrogens is 240 g/mol. The molecule has 0 bridgehead atoms. The van der Waals surface area contributed by atoms with Gasteiger partial charge in [-0.25, -0.2) is 0 Å². The molecule has 2 N–H and O–H groups in total. The van der Waals surface area contributed by atoms with Crippen molar-refractivity contribution >= 4 is 17.3 Å². The molecule has 1 unspecified atom stereocenters. The summed E-state index contributed by atoms with van der Waals surface area (Å²) in [6, 6.07) is 9.69. The summed E-state index contributed by atoms with van der Waals surface area (Å²) in [5.41, 5.74) is 2.90. The highest BCUT2D eigenvalue weighted by atomic mass is 32.1. The predicted molar refractivity (Wildman–Crippen MR) is 78.6 cm³/mol. The van der Waals surface area contributed by atoms with E-state index in [1.807, 2.05) is 0 Å². The van der Waals surface area contributed by atoms with Gasteiger partial charge in [-0.3, -0.25) is 0 Å². The molecule has 0 amide bonds. The van der Waals surface area contributed by atoms with Gasteiger partial charge >= 0.3 is 0 Å². The summed E-state index contributed by atoms with van der Waals surface area (Å²) in [4.78, 5) is 0. The molecule has 96 valence electrons. The summed E-state index contributed by atoms with van der Waals surface area (Å²) in [6.45, 7) is 0. The first-order chi connectivity index (χ1) is 8.83. The Morgan fingerprint density at radius 2 is 1.83 bits per heavy atom. The van der Waals surface area contributed by atoms with E-state index in [0.29, 0.717) is 12.1 Å². The maximum absolute atomic E-state index is 5.43. The van der Waals surface area contributed by atoms with Gasteiger partial charge in [-0.15, -0.1) is 0 Å². The molecule has 3 heteroatoms. The van der Waals surface area contributed by atoms with E-state index in [0.717, 1.165) is 11.5 Å². The molecule has 0 heterocycles. The fraction of sp³-hybridized carbons (Fsp3) is 0.533. The highest BCUT2D eigenvalue weighted by Gasteiger charge is 2.23. The standard InChI is InChI=1S/C15H20N2S/c18-15(16-12-6-2-3-7-12)17-14-10-9-11-5-1-4-8-13(11)14/h1,4-5,8,12,14H,2-3,6-7,9-10H2,(H2,16,17,18). The monoisotopic (exact) mass is 260 g/mol. The van der Waals surface area contributed by atoms with Crippen molar-refractivity contribution in [1.82, 2.24) is 10.6 Å². The molecule has 0 saturated heterocycles. The molecule has 1 atom stereocenters. The molecule has 0 spiro atoms. The molecule has 2 aliphatic carbocycles. The fourth-order valence-electron chi connectivity index (χ4n) is 3.16. The minimum absolute atomic E-state index is 0.405. The molecule has 1 aromatic carbocycles. The number of fused-ring (bicyclic) bond motifs is 1. The van der Waals surface area contributed by atoms with Crippen LogP contribution in [0.1, 0.15) is 49.3 Å². The topological polar surface area (TPSA) is 24.1 Å². The van der Waals surface area contributed by atoms with Crippen LogP contribution >= 0.6 is 12.2 Å². The van der Waals surface area contributed by atoms with Crippen LogP contribution in [0.4, 0.5) is 0 Å². The van der Waals surface area contributed by atoms with Gasteiger partial charge in [0, 0.05) is 6.04 Å². The van der Waals surface area contributed by atoms with Crippen molar-refractivity contribution in [3.8, 4) is 0 Å². The molecule has 1 saturated carbocycles. The quantitative estimate of drug-likeness (QED) is 0.799. The Bertz CT molecular complexity index is 438. The van der Waals surface area contributed by atoms with E-state index in [2.05, 4.69) is 34.9 Å². The van der Waals surface area contributed by atoms with Crippen LogP contribution in [0.15, 0.2) is 24.3 Å². The maximum Gasteiger partial charge on any atom is 0.166 e. The number of aryl methyl sites for hydroxylation is 1. The molecule has 3 rings (SSSR count). The Morgan fingerprint density at radius 1 is 1.06 bits per heavy atom. The van der Waals surface area contributed by atoms with E-state index in [-0.39, 0.29) is 0 Å². The molecule has 0 aromatic heterocycles. The second kappa shape index (κ2) is 5.27. The zero-order valence-corrected chi connectivity index (χ0v) is 11.4. The Hall–Kier alpha value is -1.09. The van der Waals surface area contributed by atoms with E-state index < -0.39 is 0 Å². The molecule has 0 aliphatic heterocycles. The smallest absolute Gasteiger partial charge is 0.166 e. The third-order valence-electron chi connectivity index (χ3n) is 4.13. The lowest BCUT2D eigenvalue weighted by Crippen LogP contribution is -2.41. The Kier molecular flexibility index (Phi) is 3.50. The summed E-state index contributed by atoms with van der Waals surface area (Å²) < 4.78 is 0. The van der Waals surface area contributed by atoms with Gasteiger partial charge in [0.2, 0.25) is 0 Å². The Labute approximate surface area is 114 Å². The van der Waals surface area contributed by atoms with Crippen molar-refractivity contribution in [2.24, 2.45) is 0 Å². The van der Waals surface area contributed by atoms with Gasteiger partial charge in [0.15, 0.2) is 5.11 Å². The van der Waals surface area contributed by atoms with Gasteiger partial charge in [-0.05, 0) is 49.0 Å². The highest BCUT2D eigenvalue weighted by Crippen LogP contribution is 2.30.